The van der Waals surface area contributed by atoms with Crippen molar-refractivity contribution in [2.24, 2.45) is 5.73 Å². The summed E-state index contributed by atoms with van der Waals surface area (Å²) in [5.74, 6) is 0.990. The Hall–Kier alpha value is -0.840. The van der Waals surface area contributed by atoms with E-state index in [0.29, 0.717) is 0 Å². The molecule has 18 heavy (non-hydrogen) atoms. The number of unbranched alkanes of at least 4 members (excludes halogenated alkanes) is 1. The van der Waals surface area contributed by atoms with Gasteiger partial charge < -0.3 is 10.6 Å². The van der Waals surface area contributed by atoms with Crippen molar-refractivity contribution in [1.29, 1.82) is 5.26 Å². The van der Waals surface area contributed by atoms with Crippen molar-refractivity contribution in [3.05, 3.63) is 0 Å². The van der Waals surface area contributed by atoms with E-state index < -0.39 is 5.54 Å². The van der Waals surface area contributed by atoms with Crippen molar-refractivity contribution in [1.82, 2.24) is 10.2 Å². The van der Waals surface area contributed by atoms with Gasteiger partial charge in [-0.1, -0.05) is 23.1 Å². The molecule has 0 radical (unpaired) electrons. The number of nitriles is 1. The molecule has 1 rings (SSSR count). The molecule has 2 N–H and O–H groups in total. The lowest BCUT2D eigenvalue weighted by atomic mass is 9.99. The van der Waals surface area contributed by atoms with Crippen LogP contribution in [-0.2, 0) is 0 Å². The van der Waals surface area contributed by atoms with Gasteiger partial charge in [-0.3, -0.25) is 0 Å². The van der Waals surface area contributed by atoms with Crippen LogP contribution < -0.4 is 10.6 Å². The van der Waals surface area contributed by atoms with Gasteiger partial charge in [-0.15, -0.1) is 10.2 Å². The van der Waals surface area contributed by atoms with Gasteiger partial charge in [0, 0.05) is 19.8 Å². The topological polar surface area (TPSA) is 78.8 Å². The van der Waals surface area contributed by atoms with Gasteiger partial charge in [0.05, 0.1) is 6.07 Å². The molecular weight excluding hydrogens is 266 g/mol. The van der Waals surface area contributed by atoms with Crippen LogP contribution >= 0.6 is 23.1 Å². The van der Waals surface area contributed by atoms with Crippen molar-refractivity contribution in [2.45, 2.75) is 36.1 Å². The molecule has 0 amide bonds. The maximum absolute atomic E-state index is 8.78. The molecule has 100 valence electrons. The predicted molar refractivity (Wildman–Crippen MR) is 77.0 cm³/mol. The third kappa shape index (κ3) is 5.21. The maximum Gasteiger partial charge on any atom is 0.208 e. The van der Waals surface area contributed by atoms with Gasteiger partial charge in [0.15, 0.2) is 4.34 Å². The van der Waals surface area contributed by atoms with Crippen molar-refractivity contribution in [2.75, 3.05) is 24.7 Å². The summed E-state index contributed by atoms with van der Waals surface area (Å²) in [7, 11) is 3.91. The van der Waals surface area contributed by atoms with Gasteiger partial charge in [0.25, 0.3) is 0 Å². The molecule has 0 bridgehead atoms. The van der Waals surface area contributed by atoms with Crippen molar-refractivity contribution < 1.29 is 0 Å². The number of nitrogens with zero attached hydrogens (tertiary/aromatic N) is 4. The smallest absolute Gasteiger partial charge is 0.208 e. The standard InChI is InChI=1S/C11H19N5S2/c1-11(13,8-12)6-4-5-7-17-10-15-14-9(18-10)16(2)3/h4-7,13H2,1-3H3. The number of rotatable bonds is 7. The van der Waals surface area contributed by atoms with Crippen LogP contribution in [0, 0.1) is 11.3 Å². The first kappa shape index (κ1) is 15.2. The van der Waals surface area contributed by atoms with Crippen LogP contribution in [0.1, 0.15) is 26.2 Å². The average Bonchev–Trinajstić information content (AvgIpc) is 2.77. The van der Waals surface area contributed by atoms with E-state index in [0.717, 1.165) is 34.5 Å². The van der Waals surface area contributed by atoms with E-state index in [1.165, 1.54) is 0 Å². The van der Waals surface area contributed by atoms with Crippen LogP contribution in [0.5, 0.6) is 0 Å². The van der Waals surface area contributed by atoms with E-state index in [9.17, 15) is 0 Å². The first-order valence-electron chi connectivity index (χ1n) is 5.78. The van der Waals surface area contributed by atoms with Crippen LogP contribution in [0.15, 0.2) is 4.34 Å². The Bertz CT molecular complexity index is 408. The van der Waals surface area contributed by atoms with Gasteiger partial charge >= 0.3 is 0 Å². The molecule has 7 heteroatoms. The first-order chi connectivity index (χ1) is 8.44. The molecule has 0 aliphatic carbocycles. The van der Waals surface area contributed by atoms with E-state index in [1.807, 2.05) is 19.0 Å². The average molecular weight is 285 g/mol. The minimum atomic E-state index is -0.689. The molecular formula is C11H19N5S2. The summed E-state index contributed by atoms with van der Waals surface area (Å²) in [4.78, 5) is 1.95. The number of aromatic nitrogens is 2. The lowest BCUT2D eigenvalue weighted by Crippen LogP contribution is -2.33. The fraction of sp³-hybridized carbons (Fsp3) is 0.727. The van der Waals surface area contributed by atoms with Crippen molar-refractivity contribution in [3.63, 3.8) is 0 Å². The largest absolute Gasteiger partial charge is 0.353 e. The van der Waals surface area contributed by atoms with Crippen LogP contribution in [-0.4, -0.2) is 35.6 Å². The number of nitrogens with two attached hydrogens (primary N) is 1. The Kier molecular flexibility index (Phi) is 5.85. The fourth-order valence-electron chi connectivity index (χ4n) is 1.25. The monoisotopic (exact) mass is 285 g/mol. The third-order valence-corrected chi connectivity index (χ3v) is 4.66. The summed E-state index contributed by atoms with van der Waals surface area (Å²) in [6, 6.07) is 2.11. The van der Waals surface area contributed by atoms with E-state index >= 15 is 0 Å². The molecule has 1 unspecified atom stereocenters. The summed E-state index contributed by atoms with van der Waals surface area (Å²) in [6.45, 7) is 1.77. The lowest BCUT2D eigenvalue weighted by Gasteiger charge is -2.13. The molecule has 0 aliphatic rings. The number of thioether (sulfide) groups is 1. The molecule has 0 saturated heterocycles. The van der Waals surface area contributed by atoms with Crippen LogP contribution in [0.2, 0.25) is 0 Å². The third-order valence-electron chi connectivity index (χ3n) is 2.35. The Morgan fingerprint density at radius 3 is 2.72 bits per heavy atom. The normalized spacial score (nSPS) is 13.9. The number of hydrogen-bond donors (Lipinski definition) is 1. The molecule has 5 nitrogen and oxygen atoms in total. The second-order valence-electron chi connectivity index (χ2n) is 4.58. The lowest BCUT2D eigenvalue weighted by molar-refractivity contribution is 0.519. The van der Waals surface area contributed by atoms with Gasteiger partial charge in [0.2, 0.25) is 5.13 Å². The highest BCUT2D eigenvalue weighted by molar-refractivity contribution is 8.01. The molecule has 1 heterocycles. The van der Waals surface area contributed by atoms with Gasteiger partial charge in [-0.2, -0.15) is 5.26 Å². The molecule has 0 aliphatic heterocycles. The number of anilines is 1. The fourth-order valence-corrected chi connectivity index (χ4v) is 3.08. The van der Waals surface area contributed by atoms with Crippen LogP contribution in [0.4, 0.5) is 5.13 Å². The molecule has 0 fully saturated rings. The maximum atomic E-state index is 8.78. The van der Waals surface area contributed by atoms with E-state index in [4.69, 9.17) is 11.0 Å². The Labute approximate surface area is 116 Å². The zero-order valence-corrected chi connectivity index (χ0v) is 12.6. The minimum absolute atomic E-state index is 0.689. The van der Waals surface area contributed by atoms with E-state index in [1.54, 1.807) is 30.0 Å². The molecule has 0 saturated carbocycles. The second kappa shape index (κ2) is 6.92. The van der Waals surface area contributed by atoms with Gasteiger partial charge in [-0.05, 0) is 26.2 Å². The summed E-state index contributed by atoms with van der Waals surface area (Å²) >= 11 is 3.31. The molecule has 0 aromatic carbocycles. The minimum Gasteiger partial charge on any atom is -0.353 e. The molecule has 1 aromatic heterocycles. The highest BCUT2D eigenvalue weighted by atomic mass is 32.2. The zero-order chi connectivity index (χ0) is 13.6. The van der Waals surface area contributed by atoms with Crippen LogP contribution in [0.25, 0.3) is 0 Å². The summed E-state index contributed by atoms with van der Waals surface area (Å²) in [5, 5.41) is 17.9. The van der Waals surface area contributed by atoms with E-state index in [2.05, 4.69) is 16.3 Å². The quantitative estimate of drug-likeness (QED) is 0.610. The van der Waals surface area contributed by atoms with Gasteiger partial charge in [-0.25, -0.2) is 0 Å². The first-order valence-corrected chi connectivity index (χ1v) is 7.58. The second-order valence-corrected chi connectivity index (χ2v) is 6.88. The highest BCUT2D eigenvalue weighted by Crippen LogP contribution is 2.27. The summed E-state index contributed by atoms with van der Waals surface area (Å²) in [6.07, 6.45) is 2.74. The summed E-state index contributed by atoms with van der Waals surface area (Å²) < 4.78 is 0.995. The Morgan fingerprint density at radius 1 is 1.44 bits per heavy atom. The Morgan fingerprint density at radius 2 is 2.17 bits per heavy atom. The van der Waals surface area contributed by atoms with Crippen molar-refractivity contribution in [3.8, 4) is 6.07 Å². The van der Waals surface area contributed by atoms with Gasteiger partial charge in [0.1, 0.15) is 5.54 Å². The highest BCUT2D eigenvalue weighted by Gasteiger charge is 2.15. The van der Waals surface area contributed by atoms with E-state index in [-0.39, 0.29) is 0 Å². The van der Waals surface area contributed by atoms with Crippen LogP contribution in [0.3, 0.4) is 0 Å². The Balaban J connectivity index is 2.20. The zero-order valence-electron chi connectivity index (χ0n) is 11.0. The summed E-state index contributed by atoms with van der Waals surface area (Å²) in [5.41, 5.74) is 5.06. The molecule has 1 atom stereocenters. The molecule has 1 aromatic rings. The predicted octanol–water partition coefficient (Wildman–Crippen LogP) is 2.11. The number of hydrogen-bond acceptors (Lipinski definition) is 7. The SMILES string of the molecule is CN(C)c1nnc(SCCCCC(C)(N)C#N)s1. The molecule has 0 spiro atoms. The van der Waals surface area contributed by atoms with Crippen molar-refractivity contribution >= 4 is 28.2 Å².